The van der Waals surface area contributed by atoms with Gasteiger partial charge in [0.2, 0.25) is 0 Å². The lowest BCUT2D eigenvalue weighted by Crippen LogP contribution is -2.34. The second-order valence-corrected chi connectivity index (χ2v) is 5.74. The first-order valence-corrected chi connectivity index (χ1v) is 7.25. The number of hydrogen-bond acceptors (Lipinski definition) is 1. The Labute approximate surface area is 116 Å². The van der Waals surface area contributed by atoms with E-state index in [4.69, 9.17) is 0 Å². The highest BCUT2D eigenvalue weighted by atomic mass is 79.9. The molecule has 1 aliphatic heterocycles. The molecule has 0 spiro atoms. The molecular formula is C15H17BrN2. The van der Waals surface area contributed by atoms with E-state index in [9.17, 15) is 0 Å². The van der Waals surface area contributed by atoms with Crippen molar-refractivity contribution in [1.82, 2.24) is 4.57 Å². The Hall–Kier alpha value is -1.22. The zero-order valence-electron chi connectivity index (χ0n) is 10.3. The highest BCUT2D eigenvalue weighted by molar-refractivity contribution is 9.10. The van der Waals surface area contributed by atoms with Gasteiger partial charge in [0.05, 0.1) is 0 Å². The molecule has 2 nitrogen and oxygen atoms in total. The molecule has 3 rings (SSSR count). The van der Waals surface area contributed by atoms with Crippen LogP contribution in [0.3, 0.4) is 0 Å². The maximum Gasteiger partial charge on any atom is 0.0366 e. The Kier molecular flexibility index (Phi) is 3.41. The highest BCUT2D eigenvalue weighted by Crippen LogP contribution is 2.27. The molecule has 2 aromatic rings. The van der Waals surface area contributed by atoms with Crippen molar-refractivity contribution >= 4 is 21.6 Å². The number of aromatic nitrogens is 1. The number of anilines is 1. The van der Waals surface area contributed by atoms with Crippen LogP contribution < -0.4 is 4.90 Å². The van der Waals surface area contributed by atoms with Crippen molar-refractivity contribution in [3.05, 3.63) is 53.3 Å². The van der Waals surface area contributed by atoms with Crippen LogP contribution in [0.25, 0.3) is 0 Å². The third-order valence-electron chi connectivity index (χ3n) is 3.71. The van der Waals surface area contributed by atoms with Crippen LogP contribution in [0.4, 0.5) is 5.69 Å². The fraction of sp³-hybridized carbons (Fsp3) is 0.333. The smallest absolute Gasteiger partial charge is 0.0366 e. The summed E-state index contributed by atoms with van der Waals surface area (Å²) in [6, 6.07) is 13.5. The minimum Gasteiger partial charge on any atom is -0.371 e. The third-order valence-corrected chi connectivity index (χ3v) is 4.23. The van der Waals surface area contributed by atoms with E-state index in [2.05, 4.69) is 74.2 Å². The van der Waals surface area contributed by atoms with Gasteiger partial charge in [-0.25, -0.2) is 0 Å². The summed E-state index contributed by atoms with van der Waals surface area (Å²) in [7, 11) is 0. The molecule has 0 amide bonds. The number of nitrogens with zero attached hydrogens (tertiary/aromatic N) is 2. The summed E-state index contributed by atoms with van der Waals surface area (Å²) >= 11 is 3.48. The molecule has 1 aliphatic rings. The molecule has 3 heteroatoms. The number of piperidine rings is 1. The fourth-order valence-corrected chi connectivity index (χ4v) is 2.93. The van der Waals surface area contributed by atoms with E-state index in [1.54, 1.807) is 0 Å². The molecule has 2 heterocycles. The predicted octanol–water partition coefficient (Wildman–Crippen LogP) is 4.09. The van der Waals surface area contributed by atoms with Gasteiger partial charge in [0.15, 0.2) is 0 Å². The second kappa shape index (κ2) is 5.19. The molecule has 0 saturated carbocycles. The van der Waals surface area contributed by atoms with Crippen LogP contribution >= 0.6 is 15.9 Å². The van der Waals surface area contributed by atoms with E-state index in [0.29, 0.717) is 6.04 Å². The molecule has 0 radical (unpaired) electrons. The van der Waals surface area contributed by atoms with Gasteiger partial charge in [-0.05, 0) is 49.2 Å². The first-order valence-electron chi connectivity index (χ1n) is 6.46. The van der Waals surface area contributed by atoms with Crippen molar-refractivity contribution in [2.24, 2.45) is 0 Å². The molecular weight excluding hydrogens is 288 g/mol. The minimum absolute atomic E-state index is 0.673. The van der Waals surface area contributed by atoms with Crippen LogP contribution in [0.5, 0.6) is 0 Å². The van der Waals surface area contributed by atoms with Crippen molar-refractivity contribution in [1.29, 1.82) is 0 Å². The molecule has 1 aromatic carbocycles. The van der Waals surface area contributed by atoms with Gasteiger partial charge in [0.1, 0.15) is 0 Å². The van der Waals surface area contributed by atoms with Gasteiger partial charge in [0, 0.05) is 41.7 Å². The molecule has 0 aliphatic carbocycles. The van der Waals surface area contributed by atoms with Gasteiger partial charge < -0.3 is 9.47 Å². The maximum absolute atomic E-state index is 3.48. The largest absolute Gasteiger partial charge is 0.371 e. The Balaban J connectivity index is 1.65. The summed E-state index contributed by atoms with van der Waals surface area (Å²) in [4.78, 5) is 2.48. The van der Waals surface area contributed by atoms with Crippen LogP contribution in [0.1, 0.15) is 18.9 Å². The monoisotopic (exact) mass is 304 g/mol. The van der Waals surface area contributed by atoms with E-state index >= 15 is 0 Å². The van der Waals surface area contributed by atoms with Crippen LogP contribution in [0.15, 0.2) is 53.3 Å². The quantitative estimate of drug-likeness (QED) is 0.811. The van der Waals surface area contributed by atoms with Crippen LogP contribution in [-0.2, 0) is 0 Å². The molecule has 0 bridgehead atoms. The molecule has 18 heavy (non-hydrogen) atoms. The third kappa shape index (κ3) is 2.46. The first kappa shape index (κ1) is 11.8. The molecule has 1 aromatic heterocycles. The Morgan fingerprint density at radius 3 is 2.17 bits per heavy atom. The number of rotatable bonds is 2. The normalized spacial score (nSPS) is 17.1. The lowest BCUT2D eigenvalue weighted by Gasteiger charge is -2.34. The topological polar surface area (TPSA) is 8.17 Å². The minimum atomic E-state index is 0.673. The van der Waals surface area contributed by atoms with E-state index in [1.165, 1.54) is 18.5 Å². The second-order valence-electron chi connectivity index (χ2n) is 4.82. The summed E-state index contributed by atoms with van der Waals surface area (Å²) < 4.78 is 3.49. The van der Waals surface area contributed by atoms with E-state index in [-0.39, 0.29) is 0 Å². The lowest BCUT2D eigenvalue weighted by atomic mass is 10.0. The van der Waals surface area contributed by atoms with Crippen LogP contribution in [0.2, 0.25) is 0 Å². The van der Waals surface area contributed by atoms with Crippen molar-refractivity contribution in [3.63, 3.8) is 0 Å². The standard InChI is InChI=1S/C15H17BrN2/c16-13-3-5-14(6-4-13)18-11-7-15(8-12-18)17-9-1-2-10-17/h1-6,9-10,15H,7-8,11-12H2. The summed E-state index contributed by atoms with van der Waals surface area (Å²) in [5.74, 6) is 0. The number of benzene rings is 1. The molecule has 0 unspecified atom stereocenters. The van der Waals surface area contributed by atoms with E-state index < -0.39 is 0 Å². The van der Waals surface area contributed by atoms with Gasteiger partial charge in [-0.15, -0.1) is 0 Å². The van der Waals surface area contributed by atoms with Crippen LogP contribution in [-0.4, -0.2) is 17.7 Å². The Morgan fingerprint density at radius 2 is 1.56 bits per heavy atom. The molecule has 94 valence electrons. The van der Waals surface area contributed by atoms with Gasteiger partial charge in [0.25, 0.3) is 0 Å². The van der Waals surface area contributed by atoms with Gasteiger partial charge in [-0.1, -0.05) is 15.9 Å². The van der Waals surface area contributed by atoms with Crippen molar-refractivity contribution in [2.75, 3.05) is 18.0 Å². The number of halogens is 1. The van der Waals surface area contributed by atoms with Crippen molar-refractivity contribution in [3.8, 4) is 0 Å². The lowest BCUT2D eigenvalue weighted by molar-refractivity contribution is 0.397. The van der Waals surface area contributed by atoms with Crippen LogP contribution in [0, 0.1) is 0 Å². The highest BCUT2D eigenvalue weighted by Gasteiger charge is 2.19. The summed E-state index contributed by atoms with van der Waals surface area (Å²) in [5, 5.41) is 0. The molecule has 1 saturated heterocycles. The predicted molar refractivity (Wildman–Crippen MR) is 79.1 cm³/mol. The van der Waals surface area contributed by atoms with E-state index in [1.807, 2.05) is 0 Å². The Bertz CT molecular complexity index is 482. The zero-order valence-corrected chi connectivity index (χ0v) is 11.9. The summed E-state index contributed by atoms with van der Waals surface area (Å²) in [6.07, 6.45) is 6.81. The average Bonchev–Trinajstić information content (AvgIpc) is 2.94. The molecule has 0 atom stereocenters. The molecule has 0 N–H and O–H groups in total. The maximum atomic E-state index is 3.48. The first-order chi connectivity index (χ1) is 8.83. The average molecular weight is 305 g/mol. The zero-order chi connectivity index (χ0) is 12.4. The van der Waals surface area contributed by atoms with Gasteiger partial charge >= 0.3 is 0 Å². The SMILES string of the molecule is Brc1ccc(N2CCC(n3cccc3)CC2)cc1. The van der Waals surface area contributed by atoms with E-state index in [0.717, 1.165) is 17.6 Å². The fourth-order valence-electron chi connectivity index (χ4n) is 2.67. The van der Waals surface area contributed by atoms with Crippen molar-refractivity contribution < 1.29 is 0 Å². The Morgan fingerprint density at radius 1 is 0.944 bits per heavy atom. The van der Waals surface area contributed by atoms with Crippen molar-refractivity contribution in [2.45, 2.75) is 18.9 Å². The van der Waals surface area contributed by atoms with Gasteiger partial charge in [-0.3, -0.25) is 0 Å². The number of hydrogen-bond donors (Lipinski definition) is 0. The summed E-state index contributed by atoms with van der Waals surface area (Å²) in [6.45, 7) is 2.29. The van der Waals surface area contributed by atoms with Gasteiger partial charge in [-0.2, -0.15) is 0 Å². The molecule has 1 fully saturated rings. The summed E-state index contributed by atoms with van der Waals surface area (Å²) in [5.41, 5.74) is 1.34.